The summed E-state index contributed by atoms with van der Waals surface area (Å²) in [6.45, 7) is 11.2. The summed E-state index contributed by atoms with van der Waals surface area (Å²) in [5.74, 6) is 0. The van der Waals surface area contributed by atoms with Gasteiger partial charge in [0, 0.05) is 0 Å². The van der Waals surface area contributed by atoms with Crippen LogP contribution in [-0.4, -0.2) is 11.3 Å². The van der Waals surface area contributed by atoms with E-state index < -0.39 is 11.3 Å². The predicted octanol–water partition coefficient (Wildman–Crippen LogP) is 8.43. The maximum Gasteiger partial charge on any atom is 0.444 e. The van der Waals surface area contributed by atoms with Gasteiger partial charge in [-0.15, -0.1) is 0 Å². The van der Waals surface area contributed by atoms with E-state index in [0.717, 1.165) is 23.1 Å². The lowest BCUT2D eigenvalue weighted by Crippen LogP contribution is -2.33. The van der Waals surface area contributed by atoms with E-state index in [1.165, 1.54) is 17.5 Å². The van der Waals surface area contributed by atoms with Gasteiger partial charge in [0.15, 0.2) is 0 Å². The van der Waals surface area contributed by atoms with E-state index >= 15 is 0 Å². The molecule has 0 saturated heterocycles. The second kappa shape index (κ2) is 7.88. The van der Waals surface area contributed by atoms with Gasteiger partial charge in [-0.1, -0.05) is 75.7 Å². The number of allylic oxidation sites excluding steroid dienone is 1. The van der Waals surface area contributed by atoms with Crippen LogP contribution < -0.4 is 0 Å². The van der Waals surface area contributed by atoms with Crippen molar-refractivity contribution in [2.75, 3.05) is 0 Å². The Labute approximate surface area is 181 Å². The highest BCUT2D eigenvalue weighted by atomic mass is 35.5. The maximum atomic E-state index is 12.5. The SMILES string of the molecule is C/C(=C\c1ccc2c(c1)C(C)(C)CCC2(C)C)c1ccc(N=C(Cl)C(F)(F)F)cc1. The van der Waals surface area contributed by atoms with Crippen LogP contribution in [0.15, 0.2) is 47.5 Å². The molecule has 0 spiro atoms. The van der Waals surface area contributed by atoms with Gasteiger partial charge in [-0.3, -0.25) is 0 Å². The number of halogens is 4. The van der Waals surface area contributed by atoms with Crippen molar-refractivity contribution in [2.45, 2.75) is 64.5 Å². The van der Waals surface area contributed by atoms with Crippen molar-refractivity contribution < 1.29 is 13.2 Å². The molecule has 0 radical (unpaired) electrons. The fraction of sp³-hybridized carbons (Fsp3) is 0.400. The molecular weight excluding hydrogens is 407 g/mol. The third-order valence-corrected chi connectivity index (χ3v) is 6.34. The minimum absolute atomic E-state index is 0.139. The van der Waals surface area contributed by atoms with Crippen LogP contribution >= 0.6 is 11.6 Å². The molecule has 0 unspecified atom stereocenters. The van der Waals surface area contributed by atoms with E-state index in [0.29, 0.717) is 0 Å². The monoisotopic (exact) mass is 433 g/mol. The van der Waals surface area contributed by atoms with Crippen molar-refractivity contribution in [1.82, 2.24) is 0 Å². The number of hydrogen-bond donors (Lipinski definition) is 0. The van der Waals surface area contributed by atoms with Crippen LogP contribution in [0.25, 0.3) is 11.6 Å². The molecule has 0 atom stereocenters. The number of rotatable bonds is 3. The Morgan fingerprint density at radius 1 is 0.933 bits per heavy atom. The van der Waals surface area contributed by atoms with Crippen molar-refractivity contribution in [3.8, 4) is 0 Å². The number of nitrogens with zero attached hydrogens (tertiary/aromatic N) is 1. The molecule has 0 N–H and O–H groups in total. The summed E-state index contributed by atoms with van der Waals surface area (Å²) < 4.78 is 37.6. The van der Waals surface area contributed by atoms with Crippen LogP contribution in [0, 0.1) is 0 Å². The summed E-state index contributed by atoms with van der Waals surface area (Å²) in [7, 11) is 0. The zero-order valence-electron chi connectivity index (χ0n) is 18.0. The Morgan fingerprint density at radius 3 is 2.07 bits per heavy atom. The topological polar surface area (TPSA) is 12.4 Å². The van der Waals surface area contributed by atoms with Crippen LogP contribution in [-0.2, 0) is 10.8 Å². The van der Waals surface area contributed by atoms with E-state index in [9.17, 15) is 13.2 Å². The van der Waals surface area contributed by atoms with Crippen molar-refractivity contribution in [3.05, 3.63) is 64.7 Å². The van der Waals surface area contributed by atoms with Gasteiger partial charge in [-0.05, 0) is 70.6 Å². The second-order valence-electron chi connectivity index (χ2n) is 9.35. The van der Waals surface area contributed by atoms with Crippen LogP contribution in [0.5, 0.6) is 0 Å². The molecule has 1 nitrogen and oxygen atoms in total. The smallest absolute Gasteiger partial charge is 0.232 e. The lowest BCUT2D eigenvalue weighted by atomic mass is 9.63. The fourth-order valence-electron chi connectivity index (χ4n) is 4.00. The number of fused-ring (bicyclic) bond motifs is 1. The normalized spacial score (nSPS) is 18.8. The lowest BCUT2D eigenvalue weighted by molar-refractivity contribution is -0.0558. The Morgan fingerprint density at radius 2 is 1.50 bits per heavy atom. The van der Waals surface area contributed by atoms with Gasteiger partial charge in [0.1, 0.15) is 0 Å². The van der Waals surface area contributed by atoms with Gasteiger partial charge in [-0.25, -0.2) is 4.99 Å². The largest absolute Gasteiger partial charge is 0.444 e. The number of hydrogen-bond acceptors (Lipinski definition) is 1. The molecule has 1 aliphatic rings. The predicted molar refractivity (Wildman–Crippen MR) is 121 cm³/mol. The molecule has 0 aliphatic heterocycles. The highest BCUT2D eigenvalue weighted by Crippen LogP contribution is 2.46. The van der Waals surface area contributed by atoms with Crippen molar-refractivity contribution in [2.24, 2.45) is 4.99 Å². The van der Waals surface area contributed by atoms with Crippen molar-refractivity contribution in [3.63, 3.8) is 0 Å². The van der Waals surface area contributed by atoms with Gasteiger partial charge < -0.3 is 0 Å². The van der Waals surface area contributed by atoms with E-state index in [2.05, 4.69) is 57.0 Å². The van der Waals surface area contributed by atoms with Crippen LogP contribution in [0.4, 0.5) is 18.9 Å². The summed E-state index contributed by atoms with van der Waals surface area (Å²) in [6.07, 6.45) is -0.195. The number of aliphatic imine (C=N–C) groups is 1. The summed E-state index contributed by atoms with van der Waals surface area (Å²) in [4.78, 5) is 3.43. The third-order valence-electron chi connectivity index (χ3n) is 6.04. The summed E-state index contributed by atoms with van der Waals surface area (Å²) >= 11 is 5.22. The average molecular weight is 434 g/mol. The van der Waals surface area contributed by atoms with Crippen LogP contribution in [0.2, 0.25) is 0 Å². The first-order valence-corrected chi connectivity index (χ1v) is 10.4. The molecule has 0 aromatic heterocycles. The van der Waals surface area contributed by atoms with E-state index in [1.54, 1.807) is 24.3 Å². The Bertz CT molecular complexity index is 996. The standard InChI is InChI=1S/C25H27ClF3N/c1-16(18-7-9-19(10-8-18)30-22(26)25(27,28)29)14-17-6-11-20-21(15-17)24(4,5)13-12-23(20,2)3/h6-11,14-15H,12-13H2,1-5H3/b16-14+,30-22?. The summed E-state index contributed by atoms with van der Waals surface area (Å²) in [5.41, 5.74) is 6.38. The maximum absolute atomic E-state index is 12.5. The van der Waals surface area contributed by atoms with Gasteiger partial charge in [-0.2, -0.15) is 13.2 Å². The minimum Gasteiger partial charge on any atom is -0.232 e. The summed E-state index contributed by atoms with van der Waals surface area (Å²) in [5, 5.41) is -1.37. The zero-order valence-corrected chi connectivity index (χ0v) is 18.7. The lowest BCUT2D eigenvalue weighted by Gasteiger charge is -2.42. The molecular formula is C25H27ClF3N. The molecule has 0 fully saturated rings. The zero-order chi connectivity index (χ0) is 22.3. The van der Waals surface area contributed by atoms with Gasteiger partial charge in [0.25, 0.3) is 0 Å². The molecule has 30 heavy (non-hydrogen) atoms. The number of benzene rings is 2. The molecule has 5 heteroatoms. The van der Waals surface area contributed by atoms with E-state index in [-0.39, 0.29) is 16.5 Å². The number of alkyl halides is 3. The molecule has 2 aromatic carbocycles. The summed E-state index contributed by atoms with van der Waals surface area (Å²) in [6, 6.07) is 13.3. The van der Waals surface area contributed by atoms with Gasteiger partial charge in [0.05, 0.1) is 5.69 Å². The molecule has 160 valence electrons. The first-order chi connectivity index (χ1) is 13.8. The first-order valence-electron chi connectivity index (χ1n) is 10.0. The Balaban J connectivity index is 1.89. The molecule has 0 saturated carbocycles. The molecule has 0 heterocycles. The van der Waals surface area contributed by atoms with E-state index in [1.807, 2.05) is 6.92 Å². The van der Waals surface area contributed by atoms with Crippen molar-refractivity contribution in [1.29, 1.82) is 0 Å². The highest BCUT2D eigenvalue weighted by molar-refractivity contribution is 6.67. The first kappa shape index (κ1) is 22.6. The minimum atomic E-state index is -4.63. The van der Waals surface area contributed by atoms with Crippen LogP contribution in [0.1, 0.15) is 69.7 Å². The second-order valence-corrected chi connectivity index (χ2v) is 9.71. The molecule has 2 aromatic rings. The quantitative estimate of drug-likeness (QED) is 0.340. The van der Waals surface area contributed by atoms with Gasteiger partial charge in [0.2, 0.25) is 5.17 Å². The fourth-order valence-corrected chi connectivity index (χ4v) is 4.10. The molecule has 0 amide bonds. The third kappa shape index (κ3) is 4.80. The van der Waals surface area contributed by atoms with Gasteiger partial charge >= 0.3 is 6.18 Å². The Kier molecular flexibility index (Phi) is 5.94. The Hall–Kier alpha value is -2.07. The highest BCUT2D eigenvalue weighted by Gasteiger charge is 2.37. The van der Waals surface area contributed by atoms with Crippen LogP contribution in [0.3, 0.4) is 0 Å². The molecule has 3 rings (SSSR count). The average Bonchev–Trinajstić information content (AvgIpc) is 2.65. The molecule has 1 aliphatic carbocycles. The molecule has 0 bridgehead atoms. The van der Waals surface area contributed by atoms with E-state index in [4.69, 9.17) is 11.6 Å². The van der Waals surface area contributed by atoms with Crippen molar-refractivity contribution >= 4 is 34.1 Å².